The number of rotatable bonds is 6. The molecule has 1 rings (SSSR count). The minimum absolute atomic E-state index is 0.371. The van der Waals surface area contributed by atoms with Gasteiger partial charge in [0.2, 0.25) is 0 Å². The van der Waals surface area contributed by atoms with E-state index < -0.39 is 12.8 Å². The molecule has 0 amide bonds. The molecule has 17 heavy (non-hydrogen) atoms. The lowest BCUT2D eigenvalue weighted by molar-refractivity contribution is 0.177. The number of aliphatic hydroxyl groups is 1. The summed E-state index contributed by atoms with van der Waals surface area (Å²) in [5.41, 5.74) is 0.974. The van der Waals surface area contributed by atoms with E-state index in [1.807, 2.05) is 0 Å². The van der Waals surface area contributed by atoms with E-state index >= 15 is 0 Å². The van der Waals surface area contributed by atoms with Crippen molar-refractivity contribution in [1.29, 1.82) is 0 Å². The number of ether oxygens (including phenoxy) is 2. The Morgan fingerprint density at radius 1 is 1.35 bits per heavy atom. The van der Waals surface area contributed by atoms with Crippen LogP contribution < -0.4 is 14.8 Å². The minimum Gasteiger partial charge on any atom is -0.493 e. The van der Waals surface area contributed by atoms with Crippen molar-refractivity contribution in [2.24, 2.45) is 0 Å². The third-order valence-corrected chi connectivity index (χ3v) is 2.50. The van der Waals surface area contributed by atoms with Crippen LogP contribution in [-0.4, -0.2) is 32.9 Å². The third kappa shape index (κ3) is 3.08. The Hall–Kier alpha value is -1.33. The second-order valence-electron chi connectivity index (χ2n) is 3.62. The zero-order valence-corrected chi connectivity index (χ0v) is 10.3. The monoisotopic (exact) mass is 243 g/mol. The molecular weight excluding hydrogens is 225 g/mol. The van der Waals surface area contributed by atoms with Crippen molar-refractivity contribution < 1.29 is 19.0 Å². The van der Waals surface area contributed by atoms with Gasteiger partial charge in [-0.2, -0.15) is 0 Å². The van der Waals surface area contributed by atoms with Gasteiger partial charge in [0.25, 0.3) is 0 Å². The fourth-order valence-corrected chi connectivity index (χ4v) is 1.67. The molecule has 4 nitrogen and oxygen atoms in total. The summed E-state index contributed by atoms with van der Waals surface area (Å²) in [6.07, 6.45) is -0.704. The van der Waals surface area contributed by atoms with Crippen LogP contribution in [0, 0.1) is 0 Å². The Balaban J connectivity index is 3.17. The lowest BCUT2D eigenvalue weighted by Gasteiger charge is -2.16. The van der Waals surface area contributed by atoms with Gasteiger partial charge < -0.3 is 19.9 Å². The normalized spacial score (nSPS) is 12.3. The molecule has 0 aliphatic heterocycles. The van der Waals surface area contributed by atoms with E-state index in [1.165, 1.54) is 14.2 Å². The number of likely N-dealkylation sites (N-methyl/N-ethyl adjacent to an activating group) is 1. The van der Waals surface area contributed by atoms with Crippen LogP contribution in [0.1, 0.15) is 17.2 Å². The molecule has 0 aliphatic rings. The molecule has 0 fully saturated rings. The van der Waals surface area contributed by atoms with Gasteiger partial charge in [0.05, 0.1) is 20.3 Å². The number of halogens is 1. The first-order valence-electron chi connectivity index (χ1n) is 5.31. The van der Waals surface area contributed by atoms with Crippen molar-refractivity contribution in [2.45, 2.75) is 12.8 Å². The molecule has 1 unspecified atom stereocenters. The average Bonchev–Trinajstić information content (AvgIpc) is 2.37. The van der Waals surface area contributed by atoms with Crippen LogP contribution in [0.15, 0.2) is 12.1 Å². The van der Waals surface area contributed by atoms with Gasteiger partial charge in [0.15, 0.2) is 11.5 Å². The van der Waals surface area contributed by atoms with Crippen molar-refractivity contribution >= 4 is 0 Å². The molecule has 5 heteroatoms. The van der Waals surface area contributed by atoms with E-state index in [4.69, 9.17) is 9.47 Å². The van der Waals surface area contributed by atoms with Gasteiger partial charge in [-0.1, -0.05) is 0 Å². The molecule has 0 spiro atoms. The van der Waals surface area contributed by atoms with Gasteiger partial charge in [-0.05, 0) is 24.7 Å². The Morgan fingerprint density at radius 2 is 2.06 bits per heavy atom. The number of aliphatic hydroxyl groups excluding tert-OH is 1. The first-order valence-corrected chi connectivity index (χ1v) is 5.31. The quantitative estimate of drug-likeness (QED) is 0.793. The highest BCUT2D eigenvalue weighted by molar-refractivity contribution is 5.49. The van der Waals surface area contributed by atoms with E-state index in [-0.39, 0.29) is 0 Å². The summed E-state index contributed by atoms with van der Waals surface area (Å²) < 4.78 is 23.1. The summed E-state index contributed by atoms with van der Waals surface area (Å²) in [6, 6.07) is 3.24. The van der Waals surface area contributed by atoms with E-state index in [0.717, 1.165) is 0 Å². The van der Waals surface area contributed by atoms with Gasteiger partial charge in [-0.15, -0.1) is 0 Å². The van der Waals surface area contributed by atoms with Gasteiger partial charge in [0, 0.05) is 12.1 Å². The fraction of sp³-hybridized carbons (Fsp3) is 0.500. The maximum Gasteiger partial charge on any atom is 0.166 e. The summed E-state index contributed by atoms with van der Waals surface area (Å²) in [6.45, 7) is -0.277. The van der Waals surface area contributed by atoms with Gasteiger partial charge >= 0.3 is 0 Å². The van der Waals surface area contributed by atoms with E-state index in [1.54, 1.807) is 19.2 Å². The predicted molar refractivity (Wildman–Crippen MR) is 63.2 cm³/mol. The first kappa shape index (κ1) is 13.7. The van der Waals surface area contributed by atoms with Crippen LogP contribution in [0.3, 0.4) is 0 Å². The standard InChI is InChI=1S/C12H18FNO3/c1-14-7-10(15)8-4-9(6-13)12(17-3)11(5-8)16-2/h4-5,10,14-15H,6-7H2,1-3H3. The third-order valence-electron chi connectivity index (χ3n) is 2.50. The lowest BCUT2D eigenvalue weighted by Crippen LogP contribution is -2.17. The van der Waals surface area contributed by atoms with Crippen LogP contribution in [0.4, 0.5) is 4.39 Å². The summed E-state index contributed by atoms with van der Waals surface area (Å²) in [4.78, 5) is 0. The highest BCUT2D eigenvalue weighted by Crippen LogP contribution is 2.34. The average molecular weight is 243 g/mol. The van der Waals surface area contributed by atoms with Crippen LogP contribution in [0.2, 0.25) is 0 Å². The number of benzene rings is 1. The maximum atomic E-state index is 12.9. The van der Waals surface area contributed by atoms with Gasteiger partial charge in [-0.3, -0.25) is 0 Å². The molecule has 0 aromatic heterocycles. The molecule has 0 bridgehead atoms. The van der Waals surface area contributed by atoms with Crippen molar-refractivity contribution in [3.8, 4) is 11.5 Å². The highest BCUT2D eigenvalue weighted by Gasteiger charge is 2.16. The van der Waals surface area contributed by atoms with Crippen molar-refractivity contribution in [1.82, 2.24) is 5.32 Å². The number of nitrogens with one attached hydrogen (secondary N) is 1. The van der Waals surface area contributed by atoms with E-state index in [0.29, 0.717) is 29.2 Å². The Labute approximate surface area is 100 Å². The van der Waals surface area contributed by atoms with E-state index in [2.05, 4.69) is 5.32 Å². The summed E-state index contributed by atoms with van der Waals surface area (Å²) >= 11 is 0. The lowest BCUT2D eigenvalue weighted by atomic mass is 10.0. The zero-order chi connectivity index (χ0) is 12.8. The van der Waals surface area contributed by atoms with Crippen molar-refractivity contribution in [3.05, 3.63) is 23.3 Å². The molecule has 1 atom stereocenters. The Kier molecular flexibility index (Phi) is 5.18. The SMILES string of the molecule is CNCC(O)c1cc(CF)c(OC)c(OC)c1. The Morgan fingerprint density at radius 3 is 2.53 bits per heavy atom. The molecule has 1 aromatic carbocycles. The van der Waals surface area contributed by atoms with Gasteiger partial charge in [0.1, 0.15) is 6.67 Å². The second kappa shape index (κ2) is 6.42. The van der Waals surface area contributed by atoms with Crippen LogP contribution in [-0.2, 0) is 6.67 Å². The molecule has 0 radical (unpaired) electrons. The molecular formula is C12H18FNO3. The van der Waals surface area contributed by atoms with Crippen LogP contribution in [0.25, 0.3) is 0 Å². The second-order valence-corrected chi connectivity index (χ2v) is 3.62. The molecule has 0 saturated heterocycles. The predicted octanol–water partition coefficient (Wildman–Crippen LogP) is 1.43. The number of alkyl halides is 1. The smallest absolute Gasteiger partial charge is 0.166 e. The van der Waals surface area contributed by atoms with Crippen molar-refractivity contribution in [2.75, 3.05) is 27.8 Å². The minimum atomic E-state index is -0.704. The summed E-state index contributed by atoms with van der Waals surface area (Å²) in [7, 11) is 4.68. The summed E-state index contributed by atoms with van der Waals surface area (Å²) in [5, 5.41) is 12.7. The molecule has 2 N–H and O–H groups in total. The number of hydrogen-bond acceptors (Lipinski definition) is 4. The summed E-state index contributed by atoms with van der Waals surface area (Å²) in [5.74, 6) is 0.795. The number of hydrogen-bond donors (Lipinski definition) is 2. The molecule has 0 saturated carbocycles. The molecule has 96 valence electrons. The van der Waals surface area contributed by atoms with Gasteiger partial charge in [-0.25, -0.2) is 4.39 Å². The molecule has 0 heterocycles. The zero-order valence-electron chi connectivity index (χ0n) is 10.3. The number of methoxy groups -OCH3 is 2. The molecule has 0 aliphatic carbocycles. The topological polar surface area (TPSA) is 50.7 Å². The van der Waals surface area contributed by atoms with Crippen LogP contribution >= 0.6 is 0 Å². The largest absolute Gasteiger partial charge is 0.493 e. The van der Waals surface area contributed by atoms with E-state index in [9.17, 15) is 9.50 Å². The fourth-order valence-electron chi connectivity index (χ4n) is 1.67. The van der Waals surface area contributed by atoms with Crippen molar-refractivity contribution in [3.63, 3.8) is 0 Å². The highest BCUT2D eigenvalue weighted by atomic mass is 19.1. The molecule has 1 aromatic rings. The Bertz CT molecular complexity index is 346. The first-order chi connectivity index (χ1) is 8.17. The maximum absolute atomic E-state index is 12.9. The van der Waals surface area contributed by atoms with Crippen LogP contribution in [0.5, 0.6) is 11.5 Å².